The van der Waals surface area contributed by atoms with Gasteiger partial charge < -0.3 is 11.1 Å². The molecule has 3 N–H and O–H groups in total. The van der Waals surface area contributed by atoms with Gasteiger partial charge in [0.05, 0.1) is 11.0 Å². The lowest BCUT2D eigenvalue weighted by molar-refractivity contribution is 0.102. The third-order valence-electron chi connectivity index (χ3n) is 5.12. The Hall–Kier alpha value is -2.34. The SMILES string of the molecule is Cc1ccc(N)cc1C(=O)Nc1cccc(CS(=O)(=O)C2CCCCC2)c1. The fraction of sp³-hybridized carbons (Fsp3) is 0.381. The van der Waals surface area contributed by atoms with Crippen LogP contribution in [0, 0.1) is 6.92 Å². The molecule has 0 aromatic heterocycles. The van der Waals surface area contributed by atoms with Crippen molar-refractivity contribution in [1.29, 1.82) is 0 Å². The quantitative estimate of drug-likeness (QED) is 0.758. The lowest BCUT2D eigenvalue weighted by Crippen LogP contribution is -2.25. The number of amides is 1. The topological polar surface area (TPSA) is 89.3 Å². The maximum Gasteiger partial charge on any atom is 0.256 e. The van der Waals surface area contributed by atoms with Crippen LogP contribution >= 0.6 is 0 Å². The molecule has 6 heteroatoms. The van der Waals surface area contributed by atoms with Crippen molar-refractivity contribution in [3.63, 3.8) is 0 Å². The number of rotatable bonds is 5. The number of benzene rings is 2. The van der Waals surface area contributed by atoms with Crippen molar-refractivity contribution in [2.24, 2.45) is 0 Å². The molecule has 1 amide bonds. The van der Waals surface area contributed by atoms with Gasteiger partial charge in [-0.3, -0.25) is 4.79 Å². The van der Waals surface area contributed by atoms with Crippen molar-refractivity contribution in [2.45, 2.75) is 50.0 Å². The average Bonchev–Trinajstić information content (AvgIpc) is 2.64. The second-order valence-electron chi connectivity index (χ2n) is 7.30. The molecule has 0 unspecified atom stereocenters. The van der Waals surface area contributed by atoms with Gasteiger partial charge in [0, 0.05) is 16.9 Å². The minimum absolute atomic E-state index is 0.0126. The van der Waals surface area contributed by atoms with Crippen LogP contribution in [0.2, 0.25) is 0 Å². The second kappa shape index (κ2) is 8.13. The lowest BCUT2D eigenvalue weighted by Gasteiger charge is -2.21. The Labute approximate surface area is 160 Å². The first-order valence-electron chi connectivity index (χ1n) is 9.33. The lowest BCUT2D eigenvalue weighted by atomic mass is 10.0. The average molecular weight is 387 g/mol. The molecule has 1 aliphatic rings. The van der Waals surface area contributed by atoms with Crippen LogP contribution in [0.4, 0.5) is 11.4 Å². The molecular weight excluding hydrogens is 360 g/mol. The third-order valence-corrected chi connectivity index (χ3v) is 7.34. The van der Waals surface area contributed by atoms with E-state index < -0.39 is 9.84 Å². The van der Waals surface area contributed by atoms with Crippen LogP contribution in [0.1, 0.15) is 53.6 Å². The van der Waals surface area contributed by atoms with E-state index in [0.717, 1.165) is 37.7 Å². The highest BCUT2D eigenvalue weighted by Crippen LogP contribution is 2.27. The number of nitrogens with two attached hydrogens (primary N) is 1. The van der Waals surface area contributed by atoms with E-state index in [1.165, 1.54) is 0 Å². The van der Waals surface area contributed by atoms with Crippen molar-refractivity contribution in [1.82, 2.24) is 0 Å². The number of sulfone groups is 1. The molecule has 0 aliphatic heterocycles. The Morgan fingerprint density at radius 2 is 1.85 bits per heavy atom. The monoisotopic (exact) mass is 386 g/mol. The molecule has 0 saturated heterocycles. The van der Waals surface area contributed by atoms with Gasteiger partial charge in [0.25, 0.3) is 5.91 Å². The molecule has 27 heavy (non-hydrogen) atoms. The Balaban J connectivity index is 1.73. The van der Waals surface area contributed by atoms with Gasteiger partial charge in [-0.15, -0.1) is 0 Å². The summed E-state index contributed by atoms with van der Waals surface area (Å²) in [7, 11) is -3.18. The number of hydrogen-bond donors (Lipinski definition) is 2. The first kappa shape index (κ1) is 19.4. The molecule has 0 bridgehead atoms. The van der Waals surface area contributed by atoms with E-state index in [-0.39, 0.29) is 16.9 Å². The van der Waals surface area contributed by atoms with Crippen LogP contribution in [-0.2, 0) is 15.6 Å². The standard InChI is InChI=1S/C21H26N2O3S/c1-15-10-11-17(22)13-20(15)21(24)23-18-7-5-6-16(12-18)14-27(25,26)19-8-3-2-4-9-19/h5-7,10-13,19H,2-4,8-9,14,22H2,1H3,(H,23,24). The maximum absolute atomic E-state index is 12.7. The first-order chi connectivity index (χ1) is 12.8. The van der Waals surface area contributed by atoms with E-state index in [1.54, 1.807) is 42.5 Å². The van der Waals surface area contributed by atoms with E-state index in [2.05, 4.69) is 5.32 Å². The number of nitrogens with one attached hydrogen (secondary N) is 1. The van der Waals surface area contributed by atoms with Gasteiger partial charge in [0.15, 0.2) is 9.84 Å². The molecule has 3 rings (SSSR count). The number of hydrogen-bond acceptors (Lipinski definition) is 4. The van der Waals surface area contributed by atoms with Crippen LogP contribution in [0.15, 0.2) is 42.5 Å². The highest BCUT2D eigenvalue weighted by Gasteiger charge is 2.27. The molecule has 2 aromatic carbocycles. The molecule has 0 heterocycles. The number of nitrogen functional groups attached to an aromatic ring is 1. The number of anilines is 2. The van der Waals surface area contributed by atoms with Crippen LogP contribution in [0.25, 0.3) is 0 Å². The van der Waals surface area contributed by atoms with Gasteiger partial charge in [0.2, 0.25) is 0 Å². The minimum Gasteiger partial charge on any atom is -0.399 e. The highest BCUT2D eigenvalue weighted by molar-refractivity contribution is 7.91. The Bertz CT molecular complexity index is 932. The Kier molecular flexibility index (Phi) is 5.85. The van der Waals surface area contributed by atoms with Crippen LogP contribution < -0.4 is 11.1 Å². The van der Waals surface area contributed by atoms with Crippen molar-refractivity contribution in [3.05, 3.63) is 59.2 Å². The summed E-state index contributed by atoms with van der Waals surface area (Å²) < 4.78 is 25.4. The molecule has 144 valence electrons. The predicted molar refractivity (Wildman–Crippen MR) is 109 cm³/mol. The summed E-state index contributed by atoms with van der Waals surface area (Å²) in [6, 6.07) is 12.3. The minimum atomic E-state index is -3.18. The molecule has 2 aromatic rings. The summed E-state index contributed by atoms with van der Waals surface area (Å²) in [5.41, 5.74) is 8.92. The van der Waals surface area contributed by atoms with E-state index in [4.69, 9.17) is 5.73 Å². The van der Waals surface area contributed by atoms with Crippen LogP contribution in [0.3, 0.4) is 0 Å². The smallest absolute Gasteiger partial charge is 0.256 e. The number of aryl methyl sites for hydroxylation is 1. The predicted octanol–water partition coefficient (Wildman–Crippen LogP) is 4.08. The van der Waals surface area contributed by atoms with Crippen molar-refractivity contribution >= 4 is 27.1 Å². The Morgan fingerprint density at radius 3 is 2.59 bits per heavy atom. The zero-order chi connectivity index (χ0) is 19.4. The Morgan fingerprint density at radius 1 is 1.11 bits per heavy atom. The zero-order valence-corrected chi connectivity index (χ0v) is 16.4. The van der Waals surface area contributed by atoms with Gasteiger partial charge in [-0.25, -0.2) is 8.42 Å². The van der Waals surface area contributed by atoms with Crippen LogP contribution in [-0.4, -0.2) is 19.6 Å². The molecule has 1 fully saturated rings. The summed E-state index contributed by atoms with van der Waals surface area (Å²) in [6.07, 6.45) is 4.61. The molecule has 5 nitrogen and oxygen atoms in total. The highest BCUT2D eigenvalue weighted by atomic mass is 32.2. The molecular formula is C21H26N2O3S. The van der Waals surface area contributed by atoms with E-state index in [1.807, 2.05) is 6.92 Å². The maximum atomic E-state index is 12.7. The normalized spacial score (nSPS) is 15.4. The van der Waals surface area contributed by atoms with Gasteiger partial charge >= 0.3 is 0 Å². The molecule has 0 radical (unpaired) electrons. The van der Waals surface area contributed by atoms with Gasteiger partial charge in [-0.2, -0.15) is 0 Å². The second-order valence-corrected chi connectivity index (χ2v) is 9.58. The summed E-state index contributed by atoms with van der Waals surface area (Å²) in [5.74, 6) is -0.245. The third kappa shape index (κ3) is 4.89. The van der Waals surface area contributed by atoms with Crippen molar-refractivity contribution in [2.75, 3.05) is 11.1 Å². The largest absolute Gasteiger partial charge is 0.399 e. The van der Waals surface area contributed by atoms with Crippen molar-refractivity contribution < 1.29 is 13.2 Å². The number of carbonyl (C=O) groups is 1. The van der Waals surface area contributed by atoms with Gasteiger partial charge in [0.1, 0.15) is 0 Å². The molecule has 1 saturated carbocycles. The van der Waals surface area contributed by atoms with Gasteiger partial charge in [-0.05, 0) is 55.2 Å². The fourth-order valence-electron chi connectivity index (χ4n) is 3.60. The van der Waals surface area contributed by atoms with E-state index in [9.17, 15) is 13.2 Å². The van der Waals surface area contributed by atoms with Crippen molar-refractivity contribution in [3.8, 4) is 0 Å². The van der Waals surface area contributed by atoms with Gasteiger partial charge in [-0.1, -0.05) is 37.5 Å². The number of carbonyl (C=O) groups excluding carboxylic acids is 1. The van der Waals surface area contributed by atoms with E-state index >= 15 is 0 Å². The fourth-order valence-corrected chi connectivity index (χ4v) is 5.53. The van der Waals surface area contributed by atoms with E-state index in [0.29, 0.717) is 22.5 Å². The van der Waals surface area contributed by atoms with Crippen LogP contribution in [0.5, 0.6) is 0 Å². The summed E-state index contributed by atoms with van der Waals surface area (Å²) in [5, 5.41) is 2.61. The molecule has 1 aliphatic carbocycles. The first-order valence-corrected chi connectivity index (χ1v) is 11.0. The summed E-state index contributed by atoms with van der Waals surface area (Å²) in [4.78, 5) is 12.5. The summed E-state index contributed by atoms with van der Waals surface area (Å²) >= 11 is 0. The summed E-state index contributed by atoms with van der Waals surface area (Å²) in [6.45, 7) is 1.85. The molecule has 0 atom stereocenters. The molecule has 0 spiro atoms. The zero-order valence-electron chi connectivity index (χ0n) is 15.6.